The third kappa shape index (κ3) is 27.7. The monoisotopic (exact) mass is 378 g/mol. The summed E-state index contributed by atoms with van der Waals surface area (Å²) in [4.78, 5) is 21.5. The second-order valence-corrected chi connectivity index (χ2v) is 7.30. The van der Waals surface area contributed by atoms with Crippen molar-refractivity contribution in [2.45, 2.75) is 72.1 Å². The van der Waals surface area contributed by atoms with Crippen LogP contribution in [0.25, 0.3) is 0 Å². The van der Waals surface area contributed by atoms with Gasteiger partial charge in [0.2, 0.25) is 0 Å². The number of unbranched alkanes of at least 4 members (excludes halogenated alkanes) is 4. The zero-order valence-corrected chi connectivity index (χ0v) is 16.7. The maximum absolute atomic E-state index is 11.2. The third-order valence-corrected chi connectivity index (χ3v) is 3.11. The molecule has 0 bridgehead atoms. The fraction of sp³-hybridized carbons (Fsp3) is 0.895. The molecule has 7 heteroatoms. The highest BCUT2D eigenvalue weighted by atomic mass is 16.6. The molecule has 0 saturated carbocycles. The van der Waals surface area contributed by atoms with Crippen molar-refractivity contribution in [1.82, 2.24) is 0 Å². The van der Waals surface area contributed by atoms with E-state index < -0.39 is 5.97 Å². The van der Waals surface area contributed by atoms with E-state index in [2.05, 4.69) is 20.8 Å². The van der Waals surface area contributed by atoms with Crippen LogP contribution < -0.4 is 0 Å². The smallest absolute Gasteiger partial charge is 0.305 e. The van der Waals surface area contributed by atoms with Crippen molar-refractivity contribution in [2.75, 3.05) is 33.0 Å². The van der Waals surface area contributed by atoms with E-state index in [1.807, 2.05) is 0 Å². The largest absolute Gasteiger partial charge is 0.481 e. The first-order valence-corrected chi connectivity index (χ1v) is 9.40. The van der Waals surface area contributed by atoms with E-state index in [-0.39, 0.29) is 44.0 Å². The van der Waals surface area contributed by atoms with E-state index in [0.717, 1.165) is 25.7 Å². The van der Waals surface area contributed by atoms with Crippen LogP contribution in [0, 0.1) is 5.41 Å². The zero-order chi connectivity index (χ0) is 20.3. The van der Waals surface area contributed by atoms with Crippen molar-refractivity contribution in [3.8, 4) is 0 Å². The van der Waals surface area contributed by atoms with E-state index >= 15 is 0 Å². The Morgan fingerprint density at radius 2 is 1.35 bits per heavy atom. The number of hydrogen-bond acceptors (Lipinski definition) is 6. The molecule has 7 nitrogen and oxygen atoms in total. The number of carboxylic acid groups (broad SMARTS) is 1. The second kappa shape index (κ2) is 18.6. The van der Waals surface area contributed by atoms with Gasteiger partial charge in [-0.3, -0.25) is 9.59 Å². The van der Waals surface area contributed by atoms with Crippen molar-refractivity contribution < 1.29 is 34.4 Å². The molecule has 0 rings (SSSR count). The van der Waals surface area contributed by atoms with E-state index in [1.165, 1.54) is 0 Å². The fourth-order valence-electron chi connectivity index (χ4n) is 1.79. The minimum atomic E-state index is -0.834. The number of esters is 1. The lowest BCUT2D eigenvalue weighted by Crippen LogP contribution is -2.18. The van der Waals surface area contributed by atoms with E-state index in [0.29, 0.717) is 26.1 Å². The van der Waals surface area contributed by atoms with Crippen LogP contribution in [0.2, 0.25) is 0 Å². The highest BCUT2D eigenvalue weighted by molar-refractivity contribution is 5.69. The van der Waals surface area contributed by atoms with Crippen LogP contribution in [0.1, 0.15) is 72.1 Å². The summed E-state index contributed by atoms with van der Waals surface area (Å²) in [5.41, 5.74) is 0.112. The van der Waals surface area contributed by atoms with Crippen LogP contribution in [0.5, 0.6) is 0 Å². The van der Waals surface area contributed by atoms with Crippen molar-refractivity contribution in [3.05, 3.63) is 0 Å². The Kier molecular flexibility index (Phi) is 19.4. The topological polar surface area (TPSA) is 113 Å². The number of carbonyl (C=O) groups excluding carboxylic acids is 1. The molecule has 0 unspecified atom stereocenters. The molecule has 0 aromatic rings. The summed E-state index contributed by atoms with van der Waals surface area (Å²) in [7, 11) is 0. The van der Waals surface area contributed by atoms with Gasteiger partial charge in [0.25, 0.3) is 0 Å². The number of rotatable bonds is 14. The molecule has 3 N–H and O–H groups in total. The van der Waals surface area contributed by atoms with Crippen molar-refractivity contribution in [1.29, 1.82) is 0 Å². The first kappa shape index (κ1) is 27.0. The minimum absolute atomic E-state index is 0.0992. The van der Waals surface area contributed by atoms with Crippen LogP contribution in [-0.2, 0) is 19.1 Å². The summed E-state index contributed by atoms with van der Waals surface area (Å²) in [6.07, 6.45) is 5.25. The van der Waals surface area contributed by atoms with Crippen molar-refractivity contribution in [3.63, 3.8) is 0 Å². The molecule has 0 aliphatic heterocycles. The molecule has 0 fully saturated rings. The highest BCUT2D eigenvalue weighted by Crippen LogP contribution is 2.12. The Morgan fingerprint density at radius 3 is 1.81 bits per heavy atom. The molecule has 0 aromatic heterocycles. The van der Waals surface area contributed by atoms with E-state index in [9.17, 15) is 9.59 Å². The van der Waals surface area contributed by atoms with Crippen LogP contribution >= 0.6 is 0 Å². The van der Waals surface area contributed by atoms with Gasteiger partial charge in [-0.2, -0.15) is 0 Å². The normalized spacial score (nSPS) is 10.8. The highest BCUT2D eigenvalue weighted by Gasteiger charge is 2.10. The zero-order valence-electron chi connectivity index (χ0n) is 16.7. The van der Waals surface area contributed by atoms with Gasteiger partial charge in [-0.25, -0.2) is 0 Å². The number of hydrogen-bond donors (Lipinski definition) is 3. The Morgan fingerprint density at radius 1 is 0.808 bits per heavy atom. The van der Waals surface area contributed by atoms with E-state index in [1.54, 1.807) is 0 Å². The van der Waals surface area contributed by atoms with Gasteiger partial charge >= 0.3 is 11.9 Å². The number of aliphatic carboxylic acids is 1. The predicted molar refractivity (Wildman–Crippen MR) is 100.0 cm³/mol. The maximum atomic E-state index is 11.2. The molecule has 0 saturated heterocycles. The number of aliphatic hydroxyl groups is 2. The quantitative estimate of drug-likeness (QED) is 0.314. The lowest BCUT2D eigenvalue weighted by Gasteiger charge is -2.17. The molecule has 0 aromatic carbocycles. The summed E-state index contributed by atoms with van der Waals surface area (Å²) >= 11 is 0. The molecule has 0 aliphatic rings. The fourth-order valence-corrected chi connectivity index (χ4v) is 1.79. The summed E-state index contributed by atoms with van der Waals surface area (Å²) in [6, 6.07) is 0. The average molecular weight is 379 g/mol. The molecule has 26 heavy (non-hydrogen) atoms. The molecule has 0 heterocycles. The molecular weight excluding hydrogens is 340 g/mol. The van der Waals surface area contributed by atoms with Crippen LogP contribution in [0.15, 0.2) is 0 Å². The molecule has 0 amide bonds. The van der Waals surface area contributed by atoms with Gasteiger partial charge in [0.15, 0.2) is 0 Å². The van der Waals surface area contributed by atoms with Gasteiger partial charge < -0.3 is 24.8 Å². The number of carbonyl (C=O) groups is 2. The summed E-state index contributed by atoms with van der Waals surface area (Å²) in [5.74, 6) is -1.13. The predicted octanol–water partition coefficient (Wildman–Crippen LogP) is 2.77. The standard InChI is InChI=1S/C13H24O5.C6H14O2/c1-13(2,3)10-17-8-9-18-12(16)7-5-4-6-11(14)15;7-5-3-1-2-4-6-8/h4-10H2,1-3H3,(H,14,15);7-8H,1-6H2. The summed E-state index contributed by atoms with van der Waals surface area (Å²) < 4.78 is 10.3. The van der Waals surface area contributed by atoms with Crippen LogP contribution in [-0.4, -0.2) is 60.3 Å². The van der Waals surface area contributed by atoms with Gasteiger partial charge in [0, 0.05) is 26.1 Å². The molecule has 156 valence electrons. The Balaban J connectivity index is 0. The molecule has 0 aliphatic carbocycles. The Hall–Kier alpha value is -1.18. The lowest BCUT2D eigenvalue weighted by molar-refractivity contribution is -0.146. The van der Waals surface area contributed by atoms with Gasteiger partial charge in [-0.15, -0.1) is 0 Å². The maximum Gasteiger partial charge on any atom is 0.305 e. The first-order valence-electron chi connectivity index (χ1n) is 9.40. The first-order chi connectivity index (χ1) is 12.2. The number of carboxylic acids is 1. The molecule has 0 spiro atoms. The van der Waals surface area contributed by atoms with Crippen molar-refractivity contribution >= 4 is 11.9 Å². The van der Waals surface area contributed by atoms with Crippen LogP contribution in [0.4, 0.5) is 0 Å². The lowest BCUT2D eigenvalue weighted by atomic mass is 9.99. The molecule has 0 atom stereocenters. The van der Waals surface area contributed by atoms with Crippen LogP contribution in [0.3, 0.4) is 0 Å². The molecule has 0 radical (unpaired) electrons. The van der Waals surface area contributed by atoms with Gasteiger partial charge in [0.05, 0.1) is 13.2 Å². The van der Waals surface area contributed by atoms with E-state index in [4.69, 9.17) is 24.8 Å². The Labute approximate surface area is 157 Å². The van der Waals surface area contributed by atoms with Gasteiger partial charge in [0.1, 0.15) is 6.61 Å². The van der Waals surface area contributed by atoms with Crippen molar-refractivity contribution in [2.24, 2.45) is 5.41 Å². The average Bonchev–Trinajstić information content (AvgIpc) is 2.55. The SMILES string of the molecule is CC(C)(C)COCCOC(=O)CCCCC(=O)O.OCCCCCCO. The Bertz CT molecular complexity index is 331. The second-order valence-electron chi connectivity index (χ2n) is 7.30. The number of aliphatic hydroxyl groups excluding tert-OH is 2. The third-order valence-electron chi connectivity index (χ3n) is 3.11. The summed E-state index contributed by atoms with van der Waals surface area (Å²) in [5, 5.41) is 25.0. The number of ether oxygens (including phenoxy) is 2. The summed E-state index contributed by atoms with van der Waals surface area (Å²) in [6.45, 7) is 8.07. The van der Waals surface area contributed by atoms with Gasteiger partial charge in [-0.1, -0.05) is 33.6 Å². The molecular formula is C19H38O7. The van der Waals surface area contributed by atoms with Gasteiger partial charge in [-0.05, 0) is 31.1 Å². The minimum Gasteiger partial charge on any atom is -0.481 e.